The number of likely N-dealkylation sites (N-methyl/N-ethyl adjacent to an activating group) is 1. The average molecular weight is 495 g/mol. The van der Waals surface area contributed by atoms with Gasteiger partial charge >= 0.3 is 0 Å². The van der Waals surface area contributed by atoms with Crippen LogP contribution < -0.4 is 9.64 Å². The maximum absolute atomic E-state index is 13.8. The molecule has 0 amide bonds. The monoisotopic (exact) mass is 494 g/mol. The number of hydrogen-bond donors (Lipinski definition) is 0. The van der Waals surface area contributed by atoms with E-state index < -0.39 is 0 Å². The van der Waals surface area contributed by atoms with E-state index in [0.717, 1.165) is 94.5 Å². The Morgan fingerprint density at radius 3 is 2.81 bits per heavy atom. The Morgan fingerprint density at radius 2 is 1.92 bits per heavy atom. The van der Waals surface area contributed by atoms with E-state index in [1.165, 1.54) is 12.1 Å². The molecule has 3 aromatic rings. The fraction of sp³-hybridized carbons (Fsp3) is 0.556. The van der Waals surface area contributed by atoms with Crippen molar-refractivity contribution >= 4 is 16.8 Å². The third kappa shape index (κ3) is 5.19. The van der Waals surface area contributed by atoms with Gasteiger partial charge in [0.2, 0.25) is 5.88 Å². The maximum atomic E-state index is 13.8. The largest absolute Gasteiger partial charge is 0.477 e. The van der Waals surface area contributed by atoms with E-state index in [4.69, 9.17) is 14.2 Å². The van der Waals surface area contributed by atoms with Crippen LogP contribution in [0.4, 0.5) is 10.2 Å². The molecule has 0 N–H and O–H groups in total. The number of piperazine rings is 2. The lowest BCUT2D eigenvalue weighted by Gasteiger charge is -2.46. The Bertz CT molecular complexity index is 1180. The molecule has 0 spiro atoms. The van der Waals surface area contributed by atoms with Crippen LogP contribution in [0.25, 0.3) is 11.0 Å². The van der Waals surface area contributed by atoms with Gasteiger partial charge in [-0.1, -0.05) is 11.2 Å². The minimum atomic E-state index is -0.259. The van der Waals surface area contributed by atoms with E-state index in [9.17, 15) is 4.39 Å². The second-order valence-corrected chi connectivity index (χ2v) is 10.5. The smallest absolute Gasteiger partial charge is 0.213 e. The van der Waals surface area contributed by atoms with Gasteiger partial charge in [-0.15, -0.1) is 0 Å². The summed E-state index contributed by atoms with van der Waals surface area (Å²) in [5.74, 6) is 1.74. The first-order valence-corrected chi connectivity index (χ1v) is 13.1. The third-order valence-electron chi connectivity index (χ3n) is 7.95. The number of piperidine rings is 1. The minimum Gasteiger partial charge on any atom is -0.477 e. The predicted molar refractivity (Wildman–Crippen MR) is 137 cm³/mol. The van der Waals surface area contributed by atoms with Crippen LogP contribution in [0.15, 0.2) is 40.9 Å². The average Bonchev–Trinajstić information content (AvgIpc) is 3.32. The summed E-state index contributed by atoms with van der Waals surface area (Å²) >= 11 is 0. The lowest BCUT2D eigenvalue weighted by atomic mass is 9.91. The normalized spacial score (nSPS) is 24.2. The highest BCUT2D eigenvalue weighted by Crippen LogP contribution is 2.31. The predicted octanol–water partition coefficient (Wildman–Crippen LogP) is 3.09. The first-order valence-electron chi connectivity index (χ1n) is 13.1. The van der Waals surface area contributed by atoms with Crippen molar-refractivity contribution in [2.45, 2.75) is 25.4 Å². The van der Waals surface area contributed by atoms with Gasteiger partial charge in [0.15, 0.2) is 11.4 Å². The van der Waals surface area contributed by atoms with Crippen LogP contribution in [-0.4, -0.2) is 96.9 Å². The summed E-state index contributed by atoms with van der Waals surface area (Å²) < 4.78 is 25.4. The van der Waals surface area contributed by atoms with Crippen LogP contribution in [0, 0.1) is 11.7 Å². The first-order chi connectivity index (χ1) is 17.6. The van der Waals surface area contributed by atoms with Crippen molar-refractivity contribution in [3.63, 3.8) is 0 Å². The van der Waals surface area contributed by atoms with Crippen LogP contribution >= 0.6 is 0 Å². The molecule has 6 rings (SSSR count). The zero-order valence-corrected chi connectivity index (χ0v) is 21.0. The van der Waals surface area contributed by atoms with E-state index in [1.807, 2.05) is 6.07 Å². The van der Waals surface area contributed by atoms with E-state index in [1.54, 1.807) is 6.07 Å². The van der Waals surface area contributed by atoms with Crippen molar-refractivity contribution < 1.29 is 13.7 Å². The van der Waals surface area contributed by atoms with Gasteiger partial charge in [-0.25, -0.2) is 9.37 Å². The summed E-state index contributed by atoms with van der Waals surface area (Å²) in [6.07, 6.45) is 2.25. The molecular formula is C27H35FN6O2. The van der Waals surface area contributed by atoms with Crippen LogP contribution in [0.1, 0.15) is 18.5 Å². The Hall–Kier alpha value is -2.75. The van der Waals surface area contributed by atoms with Crippen molar-refractivity contribution in [1.82, 2.24) is 24.8 Å². The second-order valence-electron chi connectivity index (χ2n) is 10.5. The van der Waals surface area contributed by atoms with Crippen molar-refractivity contribution in [1.29, 1.82) is 0 Å². The molecule has 2 aromatic heterocycles. The van der Waals surface area contributed by atoms with Crippen LogP contribution in [-0.2, 0) is 6.54 Å². The molecule has 192 valence electrons. The topological polar surface area (TPSA) is 61.1 Å². The Kier molecular flexibility index (Phi) is 6.77. The summed E-state index contributed by atoms with van der Waals surface area (Å²) in [4.78, 5) is 14.4. The zero-order valence-electron chi connectivity index (χ0n) is 21.0. The van der Waals surface area contributed by atoms with Crippen molar-refractivity contribution in [3.8, 4) is 5.88 Å². The Labute approximate surface area is 211 Å². The highest BCUT2D eigenvalue weighted by atomic mass is 19.1. The Morgan fingerprint density at radius 1 is 1.03 bits per heavy atom. The maximum Gasteiger partial charge on any atom is 0.213 e. The molecule has 3 fully saturated rings. The molecule has 1 aromatic carbocycles. The third-order valence-corrected chi connectivity index (χ3v) is 7.95. The number of halogens is 1. The molecule has 2 unspecified atom stereocenters. The van der Waals surface area contributed by atoms with Gasteiger partial charge < -0.3 is 19.1 Å². The summed E-state index contributed by atoms with van der Waals surface area (Å²) in [6, 6.07) is 11.2. The molecular weight excluding hydrogens is 459 g/mol. The van der Waals surface area contributed by atoms with E-state index in [0.29, 0.717) is 24.1 Å². The molecule has 0 saturated carbocycles. The Balaban J connectivity index is 1.01. The van der Waals surface area contributed by atoms with Crippen LogP contribution in [0.2, 0.25) is 0 Å². The molecule has 0 aliphatic carbocycles. The number of nitrogens with zero attached hydrogens (tertiary/aromatic N) is 6. The SMILES string of the molecule is CN1CCN(Cc2cccc(OCC3CCC4CN(c5noc6ccc(F)cc56)CCN4C3)n2)CC1. The molecule has 5 heterocycles. The number of anilines is 1. The van der Waals surface area contributed by atoms with Gasteiger partial charge in [0.1, 0.15) is 5.82 Å². The fourth-order valence-corrected chi connectivity index (χ4v) is 5.78. The molecule has 3 aliphatic rings. The second kappa shape index (κ2) is 10.3. The fourth-order valence-electron chi connectivity index (χ4n) is 5.78. The molecule has 3 saturated heterocycles. The van der Waals surface area contributed by atoms with Gasteiger partial charge in [-0.05, 0) is 44.2 Å². The number of pyridine rings is 1. The van der Waals surface area contributed by atoms with Gasteiger partial charge in [0.25, 0.3) is 0 Å². The van der Waals surface area contributed by atoms with Gasteiger partial charge in [0.05, 0.1) is 17.7 Å². The quantitative estimate of drug-likeness (QED) is 0.518. The molecule has 0 bridgehead atoms. The van der Waals surface area contributed by atoms with E-state index in [2.05, 4.69) is 43.9 Å². The van der Waals surface area contributed by atoms with Gasteiger partial charge in [0, 0.05) is 76.9 Å². The number of rotatable bonds is 6. The summed E-state index contributed by atoms with van der Waals surface area (Å²) in [5, 5.41) is 5.01. The van der Waals surface area contributed by atoms with E-state index in [-0.39, 0.29) is 5.82 Å². The van der Waals surface area contributed by atoms with Crippen molar-refractivity contribution in [2.24, 2.45) is 5.92 Å². The standard InChI is InChI=1S/C27H35FN6O2/c1-31-9-11-32(12-10-31)17-22-3-2-4-26(29-22)35-19-20-5-7-23-18-34(14-13-33(23)16-20)27-24-15-21(28)6-8-25(24)36-30-27/h2-4,6,8,15,20,23H,5,7,9-14,16-19H2,1H3. The van der Waals surface area contributed by atoms with Crippen molar-refractivity contribution in [3.05, 3.63) is 47.9 Å². The van der Waals surface area contributed by atoms with Crippen molar-refractivity contribution in [2.75, 3.05) is 70.9 Å². The molecule has 3 aliphatic heterocycles. The molecule has 0 radical (unpaired) electrons. The number of fused-ring (bicyclic) bond motifs is 2. The summed E-state index contributed by atoms with van der Waals surface area (Å²) in [5.41, 5.74) is 1.72. The van der Waals surface area contributed by atoms with Crippen LogP contribution in [0.3, 0.4) is 0 Å². The summed E-state index contributed by atoms with van der Waals surface area (Å²) in [6.45, 7) is 9.73. The first kappa shape index (κ1) is 23.6. The highest BCUT2D eigenvalue weighted by molar-refractivity contribution is 5.88. The minimum absolute atomic E-state index is 0.259. The van der Waals surface area contributed by atoms with Crippen LogP contribution in [0.5, 0.6) is 5.88 Å². The highest BCUT2D eigenvalue weighted by Gasteiger charge is 2.34. The molecule has 2 atom stereocenters. The lowest BCUT2D eigenvalue weighted by molar-refractivity contribution is 0.0715. The molecule has 8 nitrogen and oxygen atoms in total. The summed E-state index contributed by atoms with van der Waals surface area (Å²) in [7, 11) is 2.18. The number of hydrogen-bond acceptors (Lipinski definition) is 8. The molecule has 36 heavy (non-hydrogen) atoms. The zero-order chi connectivity index (χ0) is 24.5. The number of aromatic nitrogens is 2. The number of benzene rings is 1. The van der Waals surface area contributed by atoms with Gasteiger partial charge in [-0.3, -0.25) is 9.80 Å². The number of ether oxygens (including phenoxy) is 1. The van der Waals surface area contributed by atoms with E-state index >= 15 is 0 Å². The lowest BCUT2D eigenvalue weighted by Crippen LogP contribution is -2.57. The molecule has 9 heteroatoms. The van der Waals surface area contributed by atoms with Gasteiger partial charge in [-0.2, -0.15) is 0 Å².